The number of ketones is 1. The molecule has 0 fully saturated rings. The van der Waals surface area contributed by atoms with E-state index in [1.165, 1.54) is 0 Å². The van der Waals surface area contributed by atoms with E-state index < -0.39 is 10.8 Å². The molecule has 0 heterocycles. The van der Waals surface area contributed by atoms with Gasteiger partial charge in [-0.15, -0.1) is 0 Å². The standard InChI is InChI=1S/C14H11ClO2S/c15-12-7-4-8-13(9-12)18(17)10-14(16)11-5-2-1-3-6-11/h1-9H,10H2. The highest BCUT2D eigenvalue weighted by Gasteiger charge is 2.12. The maximum absolute atomic E-state index is 12.0. The van der Waals surface area contributed by atoms with Gasteiger partial charge in [-0.1, -0.05) is 48.0 Å². The number of halogens is 1. The Bertz CT molecular complexity index is 581. The van der Waals surface area contributed by atoms with Gasteiger partial charge in [-0.2, -0.15) is 0 Å². The van der Waals surface area contributed by atoms with Crippen molar-refractivity contribution in [1.82, 2.24) is 0 Å². The first-order chi connectivity index (χ1) is 8.66. The van der Waals surface area contributed by atoms with E-state index in [1.807, 2.05) is 6.07 Å². The molecular weight excluding hydrogens is 268 g/mol. The molecular formula is C14H11ClO2S. The number of carbonyl (C=O) groups excluding carboxylic acids is 1. The van der Waals surface area contributed by atoms with Crippen molar-refractivity contribution in [2.24, 2.45) is 0 Å². The SMILES string of the molecule is O=C(CS(=O)c1cccc(Cl)c1)c1ccccc1. The fourth-order valence-corrected chi connectivity index (χ4v) is 2.83. The summed E-state index contributed by atoms with van der Waals surface area (Å²) in [5, 5.41) is 0.521. The summed E-state index contributed by atoms with van der Waals surface area (Å²) >= 11 is 5.82. The van der Waals surface area contributed by atoms with Gasteiger partial charge in [-0.05, 0) is 18.2 Å². The number of rotatable bonds is 4. The number of benzene rings is 2. The first kappa shape index (κ1) is 13.0. The van der Waals surface area contributed by atoms with E-state index in [0.29, 0.717) is 15.5 Å². The molecule has 0 radical (unpaired) electrons. The lowest BCUT2D eigenvalue weighted by Crippen LogP contribution is -2.10. The molecule has 1 atom stereocenters. The van der Waals surface area contributed by atoms with Gasteiger partial charge in [0.25, 0.3) is 0 Å². The second kappa shape index (κ2) is 5.94. The van der Waals surface area contributed by atoms with Crippen LogP contribution >= 0.6 is 11.6 Å². The van der Waals surface area contributed by atoms with Crippen molar-refractivity contribution in [3.8, 4) is 0 Å². The van der Waals surface area contributed by atoms with Crippen LogP contribution in [0.5, 0.6) is 0 Å². The Morgan fingerprint density at radius 1 is 1.06 bits per heavy atom. The third-order valence-corrected chi connectivity index (χ3v) is 3.96. The third-order valence-electron chi connectivity index (χ3n) is 2.42. The molecule has 4 heteroatoms. The van der Waals surface area contributed by atoms with Crippen LogP contribution in [0.2, 0.25) is 5.02 Å². The maximum atomic E-state index is 12.0. The second-order valence-electron chi connectivity index (χ2n) is 3.74. The van der Waals surface area contributed by atoms with Crippen molar-refractivity contribution in [1.29, 1.82) is 0 Å². The van der Waals surface area contributed by atoms with Crippen LogP contribution in [0.15, 0.2) is 59.5 Å². The normalized spacial score (nSPS) is 12.1. The Morgan fingerprint density at radius 3 is 2.44 bits per heavy atom. The third kappa shape index (κ3) is 3.28. The second-order valence-corrected chi connectivity index (χ2v) is 5.62. The molecule has 0 N–H and O–H groups in total. The Kier molecular flexibility index (Phi) is 4.28. The molecule has 0 saturated heterocycles. The maximum Gasteiger partial charge on any atom is 0.175 e. The van der Waals surface area contributed by atoms with Crippen molar-refractivity contribution in [3.05, 3.63) is 65.2 Å². The lowest BCUT2D eigenvalue weighted by molar-refractivity contribution is 0.102. The average molecular weight is 279 g/mol. The molecule has 2 aromatic rings. The molecule has 1 unspecified atom stereocenters. The van der Waals surface area contributed by atoms with Gasteiger partial charge >= 0.3 is 0 Å². The fourth-order valence-electron chi connectivity index (χ4n) is 1.52. The first-order valence-electron chi connectivity index (χ1n) is 5.39. The van der Waals surface area contributed by atoms with E-state index in [1.54, 1.807) is 48.5 Å². The number of hydrogen-bond acceptors (Lipinski definition) is 2. The Balaban J connectivity index is 2.11. The topological polar surface area (TPSA) is 34.1 Å². The monoisotopic (exact) mass is 278 g/mol. The summed E-state index contributed by atoms with van der Waals surface area (Å²) in [6.07, 6.45) is 0. The van der Waals surface area contributed by atoms with Gasteiger partial charge in [0, 0.05) is 15.5 Å². The predicted octanol–water partition coefficient (Wildman–Crippen LogP) is 3.33. The quantitative estimate of drug-likeness (QED) is 0.804. The van der Waals surface area contributed by atoms with Crippen LogP contribution in [0.1, 0.15) is 10.4 Å². The van der Waals surface area contributed by atoms with Gasteiger partial charge in [0.05, 0.1) is 16.6 Å². The largest absolute Gasteiger partial charge is 0.293 e. The lowest BCUT2D eigenvalue weighted by atomic mass is 10.2. The molecule has 0 bridgehead atoms. The van der Waals surface area contributed by atoms with Crippen LogP contribution in [0.3, 0.4) is 0 Å². The Hall–Kier alpha value is -1.45. The van der Waals surface area contributed by atoms with Crippen LogP contribution in [-0.4, -0.2) is 15.7 Å². The van der Waals surface area contributed by atoms with Crippen molar-refractivity contribution >= 4 is 28.2 Å². The minimum absolute atomic E-state index is 0.0235. The summed E-state index contributed by atoms with van der Waals surface area (Å²) in [5.74, 6) is -0.154. The van der Waals surface area contributed by atoms with Gasteiger partial charge in [-0.25, -0.2) is 0 Å². The van der Waals surface area contributed by atoms with Crippen molar-refractivity contribution < 1.29 is 9.00 Å². The highest BCUT2D eigenvalue weighted by atomic mass is 35.5. The first-order valence-corrected chi connectivity index (χ1v) is 7.09. The van der Waals surface area contributed by atoms with Crippen LogP contribution in [0.4, 0.5) is 0 Å². The van der Waals surface area contributed by atoms with E-state index in [4.69, 9.17) is 11.6 Å². The lowest BCUT2D eigenvalue weighted by Gasteiger charge is -2.02. The zero-order valence-corrected chi connectivity index (χ0v) is 11.1. The number of Topliss-reactive ketones (excluding diaryl/α,β-unsaturated/α-hetero) is 1. The van der Waals surface area contributed by atoms with E-state index in [2.05, 4.69) is 0 Å². The minimum Gasteiger partial charge on any atom is -0.293 e. The van der Waals surface area contributed by atoms with Gasteiger partial charge in [0.15, 0.2) is 5.78 Å². The number of hydrogen-bond donors (Lipinski definition) is 0. The molecule has 0 aliphatic carbocycles. The van der Waals surface area contributed by atoms with E-state index in [9.17, 15) is 9.00 Å². The van der Waals surface area contributed by atoms with E-state index in [0.717, 1.165) is 0 Å². The highest BCUT2D eigenvalue weighted by molar-refractivity contribution is 7.85. The predicted molar refractivity (Wildman–Crippen MR) is 73.5 cm³/mol. The van der Waals surface area contributed by atoms with E-state index >= 15 is 0 Å². The molecule has 2 rings (SSSR count). The summed E-state index contributed by atoms with van der Waals surface area (Å²) in [6, 6.07) is 15.6. The average Bonchev–Trinajstić information content (AvgIpc) is 2.39. The van der Waals surface area contributed by atoms with Crippen molar-refractivity contribution in [2.75, 3.05) is 5.75 Å². The summed E-state index contributed by atoms with van der Waals surface area (Å²) in [5.41, 5.74) is 0.577. The van der Waals surface area contributed by atoms with Gasteiger partial charge in [0.1, 0.15) is 0 Å². The molecule has 2 nitrogen and oxygen atoms in total. The summed E-state index contributed by atoms with van der Waals surface area (Å²) in [4.78, 5) is 12.5. The van der Waals surface area contributed by atoms with Crippen LogP contribution < -0.4 is 0 Å². The molecule has 0 amide bonds. The summed E-state index contributed by atoms with van der Waals surface area (Å²) < 4.78 is 12.0. The van der Waals surface area contributed by atoms with Gasteiger partial charge < -0.3 is 0 Å². The summed E-state index contributed by atoms with van der Waals surface area (Å²) in [6.45, 7) is 0. The highest BCUT2D eigenvalue weighted by Crippen LogP contribution is 2.15. The Morgan fingerprint density at radius 2 is 1.78 bits per heavy atom. The van der Waals surface area contributed by atoms with Crippen molar-refractivity contribution in [3.63, 3.8) is 0 Å². The molecule has 2 aromatic carbocycles. The molecule has 0 spiro atoms. The zero-order chi connectivity index (χ0) is 13.0. The van der Waals surface area contributed by atoms with Crippen LogP contribution in [0.25, 0.3) is 0 Å². The van der Waals surface area contributed by atoms with Crippen molar-refractivity contribution in [2.45, 2.75) is 4.90 Å². The Labute approximate surface area is 113 Å². The summed E-state index contributed by atoms with van der Waals surface area (Å²) in [7, 11) is -1.36. The van der Waals surface area contributed by atoms with E-state index in [-0.39, 0.29) is 11.5 Å². The molecule has 0 aliphatic rings. The van der Waals surface area contributed by atoms with Crippen LogP contribution in [0, 0.1) is 0 Å². The molecule has 0 aromatic heterocycles. The fraction of sp³-hybridized carbons (Fsp3) is 0.0714. The number of carbonyl (C=O) groups is 1. The van der Waals surface area contributed by atoms with Gasteiger partial charge in [-0.3, -0.25) is 9.00 Å². The molecule has 18 heavy (non-hydrogen) atoms. The van der Waals surface area contributed by atoms with Gasteiger partial charge in [0.2, 0.25) is 0 Å². The zero-order valence-electron chi connectivity index (χ0n) is 9.51. The van der Waals surface area contributed by atoms with Crippen LogP contribution in [-0.2, 0) is 10.8 Å². The molecule has 92 valence electrons. The smallest absolute Gasteiger partial charge is 0.175 e. The minimum atomic E-state index is -1.36. The molecule has 0 saturated carbocycles. The molecule has 0 aliphatic heterocycles.